The molecule has 0 heterocycles. The van der Waals surface area contributed by atoms with Gasteiger partial charge in [0.15, 0.2) is 0 Å². The van der Waals surface area contributed by atoms with E-state index in [1.807, 2.05) is 51.1 Å². The second kappa shape index (κ2) is 13.6. The Kier molecular flexibility index (Phi) is 11.2. The van der Waals surface area contributed by atoms with E-state index in [-0.39, 0.29) is 17.9 Å². The molecule has 6 heteroatoms. The molecule has 2 amide bonds. The number of halogens is 1. The highest BCUT2D eigenvalue weighted by atomic mass is 79.9. The van der Waals surface area contributed by atoms with Crippen LogP contribution in [0.4, 0.5) is 0 Å². The van der Waals surface area contributed by atoms with Crippen molar-refractivity contribution in [3.63, 3.8) is 0 Å². The minimum atomic E-state index is -0.446. The number of nitrogens with zero attached hydrogens (tertiary/aromatic N) is 1. The van der Waals surface area contributed by atoms with Crippen LogP contribution in [0.2, 0.25) is 0 Å². The predicted molar refractivity (Wildman–Crippen MR) is 134 cm³/mol. The maximum Gasteiger partial charge on any atom is 0.243 e. The Bertz CT molecular complexity index is 814. The molecule has 0 radical (unpaired) electrons. The van der Waals surface area contributed by atoms with Gasteiger partial charge in [0, 0.05) is 22.8 Å². The van der Waals surface area contributed by atoms with Gasteiger partial charge in [0.1, 0.15) is 6.04 Å². The molecule has 0 aliphatic heterocycles. The van der Waals surface area contributed by atoms with Crippen molar-refractivity contribution in [1.82, 2.24) is 10.2 Å². The molecule has 2 aromatic rings. The highest BCUT2D eigenvalue weighted by Crippen LogP contribution is 2.18. The summed E-state index contributed by atoms with van der Waals surface area (Å²) in [4.78, 5) is 27.9. The third-order valence-electron chi connectivity index (χ3n) is 5.28. The highest BCUT2D eigenvalue weighted by molar-refractivity contribution is 9.10. The lowest BCUT2D eigenvalue weighted by molar-refractivity contribution is -0.139. The lowest BCUT2D eigenvalue weighted by Gasteiger charge is -2.31. The Morgan fingerprint density at radius 2 is 1.68 bits per heavy atom. The standard InChI is InChI=1S/C25H33BrN2O2S/c1-4-19(3)27-25(30)23(5-2)28(16-15-20-9-7-6-8-10-20)24(29)18-31-17-21-11-13-22(26)14-12-21/h6-14,19,23H,4-5,15-18H2,1-3H3,(H,27,30)/t19-,23-/m0/s1. The summed E-state index contributed by atoms with van der Waals surface area (Å²) in [5.41, 5.74) is 2.35. The molecule has 0 aliphatic carbocycles. The SMILES string of the molecule is CC[C@H](C)NC(=O)[C@H](CC)N(CCc1ccccc1)C(=O)CSCc1ccc(Br)cc1. The first kappa shape index (κ1) is 25.5. The molecule has 1 N–H and O–H groups in total. The molecule has 31 heavy (non-hydrogen) atoms. The largest absolute Gasteiger partial charge is 0.352 e. The molecule has 0 bridgehead atoms. The number of hydrogen-bond donors (Lipinski definition) is 1. The zero-order chi connectivity index (χ0) is 22.6. The van der Waals surface area contributed by atoms with Crippen molar-refractivity contribution in [1.29, 1.82) is 0 Å². The molecule has 168 valence electrons. The number of benzene rings is 2. The van der Waals surface area contributed by atoms with Gasteiger partial charge < -0.3 is 10.2 Å². The molecule has 0 aliphatic rings. The van der Waals surface area contributed by atoms with Crippen LogP contribution in [0.1, 0.15) is 44.7 Å². The lowest BCUT2D eigenvalue weighted by atomic mass is 10.1. The van der Waals surface area contributed by atoms with Crippen molar-refractivity contribution < 1.29 is 9.59 Å². The van der Waals surface area contributed by atoms with Gasteiger partial charge in [-0.3, -0.25) is 9.59 Å². The average molecular weight is 506 g/mol. The number of thioether (sulfide) groups is 1. The smallest absolute Gasteiger partial charge is 0.243 e. The van der Waals surface area contributed by atoms with Crippen LogP contribution in [-0.4, -0.2) is 41.1 Å². The van der Waals surface area contributed by atoms with Crippen molar-refractivity contribution in [2.45, 2.75) is 57.9 Å². The summed E-state index contributed by atoms with van der Waals surface area (Å²) in [5, 5.41) is 3.06. The molecule has 2 atom stereocenters. The number of hydrogen-bond acceptors (Lipinski definition) is 3. The van der Waals surface area contributed by atoms with E-state index in [2.05, 4.69) is 45.5 Å². The van der Waals surface area contributed by atoms with E-state index >= 15 is 0 Å². The van der Waals surface area contributed by atoms with E-state index in [9.17, 15) is 9.59 Å². The first-order valence-electron chi connectivity index (χ1n) is 10.9. The topological polar surface area (TPSA) is 49.4 Å². The van der Waals surface area contributed by atoms with Crippen molar-refractivity contribution in [2.24, 2.45) is 0 Å². The molecule has 0 unspecified atom stereocenters. The van der Waals surface area contributed by atoms with Gasteiger partial charge in [-0.1, -0.05) is 72.2 Å². The van der Waals surface area contributed by atoms with E-state index in [0.717, 1.165) is 23.1 Å². The van der Waals surface area contributed by atoms with Gasteiger partial charge >= 0.3 is 0 Å². The summed E-state index contributed by atoms with van der Waals surface area (Å²) in [6.07, 6.45) is 2.19. The van der Waals surface area contributed by atoms with Crippen molar-refractivity contribution in [3.8, 4) is 0 Å². The fraction of sp³-hybridized carbons (Fsp3) is 0.440. The Labute approximate surface area is 199 Å². The molecule has 0 fully saturated rings. The minimum Gasteiger partial charge on any atom is -0.352 e. The second-order valence-corrected chi connectivity index (χ2v) is 9.59. The van der Waals surface area contributed by atoms with Crippen molar-refractivity contribution >= 4 is 39.5 Å². The molecular formula is C25H33BrN2O2S. The summed E-state index contributed by atoms with van der Waals surface area (Å²) in [5.74, 6) is 1.08. The third-order valence-corrected chi connectivity index (χ3v) is 6.80. The maximum atomic E-state index is 13.2. The van der Waals surface area contributed by atoms with Gasteiger partial charge in [-0.15, -0.1) is 11.8 Å². The van der Waals surface area contributed by atoms with E-state index < -0.39 is 6.04 Å². The Morgan fingerprint density at radius 3 is 2.29 bits per heavy atom. The number of carbonyl (C=O) groups excluding carboxylic acids is 2. The Hall–Kier alpha value is -1.79. The molecular weight excluding hydrogens is 472 g/mol. The van der Waals surface area contributed by atoms with Gasteiger partial charge in [0.05, 0.1) is 5.75 Å². The van der Waals surface area contributed by atoms with Crippen LogP contribution in [-0.2, 0) is 21.8 Å². The van der Waals surface area contributed by atoms with Crippen LogP contribution in [0.5, 0.6) is 0 Å². The summed E-state index contributed by atoms with van der Waals surface area (Å²) in [6, 6.07) is 17.9. The van der Waals surface area contributed by atoms with Crippen LogP contribution in [0.15, 0.2) is 59.1 Å². The summed E-state index contributed by atoms with van der Waals surface area (Å²) >= 11 is 5.04. The zero-order valence-electron chi connectivity index (χ0n) is 18.6. The van der Waals surface area contributed by atoms with Gasteiger partial charge in [-0.2, -0.15) is 0 Å². The molecule has 0 aromatic heterocycles. The fourth-order valence-corrected chi connectivity index (χ4v) is 4.39. The highest BCUT2D eigenvalue weighted by Gasteiger charge is 2.28. The van der Waals surface area contributed by atoms with Gasteiger partial charge in [0.25, 0.3) is 0 Å². The molecule has 2 rings (SSSR count). The number of amides is 2. The van der Waals surface area contributed by atoms with E-state index in [1.165, 1.54) is 11.1 Å². The minimum absolute atomic E-state index is 0.0178. The molecule has 0 spiro atoms. The average Bonchev–Trinajstić information content (AvgIpc) is 2.78. The first-order valence-corrected chi connectivity index (χ1v) is 12.8. The summed E-state index contributed by atoms with van der Waals surface area (Å²) in [6.45, 7) is 6.55. The Balaban J connectivity index is 2.05. The number of rotatable bonds is 12. The van der Waals surface area contributed by atoms with Crippen molar-refractivity contribution in [3.05, 3.63) is 70.2 Å². The first-order chi connectivity index (χ1) is 14.9. The Morgan fingerprint density at radius 1 is 1.00 bits per heavy atom. The third kappa shape index (κ3) is 8.69. The monoisotopic (exact) mass is 504 g/mol. The fourth-order valence-electron chi connectivity index (χ4n) is 3.26. The molecule has 0 saturated carbocycles. The van der Waals surface area contributed by atoms with Crippen LogP contribution >= 0.6 is 27.7 Å². The second-order valence-electron chi connectivity index (χ2n) is 7.68. The zero-order valence-corrected chi connectivity index (χ0v) is 21.0. The summed E-state index contributed by atoms with van der Waals surface area (Å²) in [7, 11) is 0. The van der Waals surface area contributed by atoms with Crippen LogP contribution in [0.3, 0.4) is 0 Å². The van der Waals surface area contributed by atoms with Crippen LogP contribution in [0, 0.1) is 0 Å². The van der Waals surface area contributed by atoms with Gasteiger partial charge in [-0.05, 0) is 49.4 Å². The van der Waals surface area contributed by atoms with E-state index in [1.54, 1.807) is 16.7 Å². The van der Waals surface area contributed by atoms with Gasteiger partial charge in [-0.25, -0.2) is 0 Å². The number of nitrogens with one attached hydrogen (secondary N) is 1. The van der Waals surface area contributed by atoms with E-state index in [4.69, 9.17) is 0 Å². The molecule has 2 aromatic carbocycles. The number of carbonyl (C=O) groups is 2. The van der Waals surface area contributed by atoms with Crippen LogP contribution in [0.25, 0.3) is 0 Å². The van der Waals surface area contributed by atoms with E-state index in [0.29, 0.717) is 18.7 Å². The van der Waals surface area contributed by atoms with Crippen molar-refractivity contribution in [2.75, 3.05) is 12.3 Å². The summed E-state index contributed by atoms with van der Waals surface area (Å²) < 4.78 is 1.04. The van der Waals surface area contributed by atoms with Crippen LogP contribution < -0.4 is 5.32 Å². The van der Waals surface area contributed by atoms with Gasteiger partial charge in [0.2, 0.25) is 11.8 Å². The quantitative estimate of drug-likeness (QED) is 0.418. The predicted octanol–water partition coefficient (Wildman–Crippen LogP) is 5.45. The normalized spacial score (nSPS) is 12.8. The maximum absolute atomic E-state index is 13.2. The molecule has 4 nitrogen and oxygen atoms in total. The lowest BCUT2D eigenvalue weighted by Crippen LogP contribution is -2.52. The molecule has 0 saturated heterocycles.